The average Bonchev–Trinajstić information content (AvgIpc) is 2.83. The highest BCUT2D eigenvalue weighted by Crippen LogP contribution is 2.27. The molecule has 1 aromatic carbocycles. The number of hydrogen-bond acceptors (Lipinski definition) is 3. The van der Waals surface area contributed by atoms with Gasteiger partial charge in [0, 0.05) is 18.7 Å². The van der Waals surface area contributed by atoms with Gasteiger partial charge in [0.05, 0.1) is 18.2 Å². The van der Waals surface area contributed by atoms with E-state index in [1.165, 1.54) is 0 Å². The maximum absolute atomic E-state index is 11.9. The van der Waals surface area contributed by atoms with E-state index in [0.717, 1.165) is 12.8 Å². The SMILES string of the molecule is CCCOc1ccc(NC(=O)CN2CCCC2=O)cc1Cl. The summed E-state index contributed by atoms with van der Waals surface area (Å²) < 4.78 is 5.47. The lowest BCUT2D eigenvalue weighted by atomic mass is 10.3. The molecule has 0 bridgehead atoms. The second-order valence-corrected chi connectivity index (χ2v) is 5.37. The third kappa shape index (κ3) is 4.36. The summed E-state index contributed by atoms with van der Waals surface area (Å²) in [7, 11) is 0. The molecule has 1 fully saturated rings. The van der Waals surface area contributed by atoms with Crippen molar-refractivity contribution in [1.82, 2.24) is 4.90 Å². The molecule has 21 heavy (non-hydrogen) atoms. The maximum atomic E-state index is 11.9. The van der Waals surface area contributed by atoms with Gasteiger partial charge in [-0.1, -0.05) is 18.5 Å². The second kappa shape index (κ2) is 7.31. The van der Waals surface area contributed by atoms with Crippen LogP contribution < -0.4 is 10.1 Å². The molecule has 114 valence electrons. The van der Waals surface area contributed by atoms with Gasteiger partial charge in [-0.15, -0.1) is 0 Å². The van der Waals surface area contributed by atoms with Crippen LogP contribution in [0, 0.1) is 0 Å². The van der Waals surface area contributed by atoms with E-state index in [9.17, 15) is 9.59 Å². The van der Waals surface area contributed by atoms with E-state index in [0.29, 0.717) is 36.0 Å². The lowest BCUT2D eigenvalue weighted by Gasteiger charge is -2.15. The molecule has 5 nitrogen and oxygen atoms in total. The fourth-order valence-electron chi connectivity index (χ4n) is 2.15. The van der Waals surface area contributed by atoms with E-state index in [4.69, 9.17) is 16.3 Å². The highest BCUT2D eigenvalue weighted by molar-refractivity contribution is 6.32. The maximum Gasteiger partial charge on any atom is 0.243 e. The first kappa shape index (κ1) is 15.6. The van der Waals surface area contributed by atoms with Crippen molar-refractivity contribution in [2.75, 3.05) is 25.0 Å². The van der Waals surface area contributed by atoms with Gasteiger partial charge in [0.25, 0.3) is 0 Å². The molecule has 6 heteroatoms. The van der Waals surface area contributed by atoms with Gasteiger partial charge in [-0.05, 0) is 31.0 Å². The Bertz CT molecular complexity index is 534. The molecule has 1 aliphatic rings. The van der Waals surface area contributed by atoms with Gasteiger partial charge in [-0.3, -0.25) is 9.59 Å². The van der Waals surface area contributed by atoms with E-state index in [1.54, 1.807) is 23.1 Å². The summed E-state index contributed by atoms with van der Waals surface area (Å²) in [5.74, 6) is 0.418. The monoisotopic (exact) mass is 310 g/mol. The van der Waals surface area contributed by atoms with Crippen molar-refractivity contribution in [2.24, 2.45) is 0 Å². The average molecular weight is 311 g/mol. The van der Waals surface area contributed by atoms with Crippen LogP contribution in [0.25, 0.3) is 0 Å². The lowest BCUT2D eigenvalue weighted by Crippen LogP contribution is -2.33. The molecule has 0 radical (unpaired) electrons. The van der Waals surface area contributed by atoms with Crippen molar-refractivity contribution >= 4 is 29.1 Å². The Morgan fingerprint density at radius 1 is 1.48 bits per heavy atom. The number of halogens is 1. The number of nitrogens with one attached hydrogen (secondary N) is 1. The third-order valence-corrected chi connectivity index (χ3v) is 3.48. The first-order chi connectivity index (χ1) is 10.1. The van der Waals surface area contributed by atoms with Gasteiger partial charge in [0.1, 0.15) is 5.75 Å². The first-order valence-corrected chi connectivity index (χ1v) is 7.48. The number of carbonyl (C=O) groups is 2. The quantitative estimate of drug-likeness (QED) is 0.879. The van der Waals surface area contributed by atoms with E-state index in [1.807, 2.05) is 6.92 Å². The summed E-state index contributed by atoms with van der Waals surface area (Å²) in [5.41, 5.74) is 0.598. The molecule has 1 aliphatic heterocycles. The van der Waals surface area contributed by atoms with Gasteiger partial charge >= 0.3 is 0 Å². The van der Waals surface area contributed by atoms with Crippen molar-refractivity contribution in [1.29, 1.82) is 0 Å². The van der Waals surface area contributed by atoms with Crippen LogP contribution >= 0.6 is 11.6 Å². The molecule has 1 heterocycles. The van der Waals surface area contributed by atoms with Crippen LogP contribution in [0.2, 0.25) is 5.02 Å². The van der Waals surface area contributed by atoms with Crippen molar-refractivity contribution in [3.63, 3.8) is 0 Å². The Labute approximate surface area is 129 Å². The number of rotatable bonds is 6. The molecule has 2 amide bonds. The van der Waals surface area contributed by atoms with Crippen molar-refractivity contribution in [2.45, 2.75) is 26.2 Å². The fraction of sp³-hybridized carbons (Fsp3) is 0.467. The molecular weight excluding hydrogens is 292 g/mol. The standard InChI is InChI=1S/C15H19ClN2O3/c1-2-8-21-13-6-5-11(9-12(13)16)17-14(19)10-18-7-3-4-15(18)20/h5-6,9H,2-4,7-8,10H2,1H3,(H,17,19). The van der Waals surface area contributed by atoms with E-state index in [-0.39, 0.29) is 18.4 Å². The van der Waals surface area contributed by atoms with Gasteiger partial charge in [0.2, 0.25) is 11.8 Å². The number of nitrogens with zero attached hydrogens (tertiary/aromatic N) is 1. The van der Waals surface area contributed by atoms with Crippen molar-refractivity contribution in [3.8, 4) is 5.75 Å². The van der Waals surface area contributed by atoms with Gasteiger partial charge in [-0.25, -0.2) is 0 Å². The van der Waals surface area contributed by atoms with E-state index < -0.39 is 0 Å². The Morgan fingerprint density at radius 3 is 2.90 bits per heavy atom. The van der Waals surface area contributed by atoms with E-state index >= 15 is 0 Å². The van der Waals surface area contributed by atoms with Crippen LogP contribution in [0.15, 0.2) is 18.2 Å². The summed E-state index contributed by atoms with van der Waals surface area (Å²) in [6.07, 6.45) is 2.25. The van der Waals surface area contributed by atoms with Gasteiger partial charge in [-0.2, -0.15) is 0 Å². The molecule has 0 spiro atoms. The third-order valence-electron chi connectivity index (χ3n) is 3.18. The van der Waals surface area contributed by atoms with Crippen LogP contribution in [-0.4, -0.2) is 36.4 Å². The highest BCUT2D eigenvalue weighted by Gasteiger charge is 2.22. The smallest absolute Gasteiger partial charge is 0.243 e. The normalized spacial score (nSPS) is 14.4. The number of carbonyl (C=O) groups excluding carboxylic acids is 2. The van der Waals surface area contributed by atoms with Gasteiger partial charge in [0.15, 0.2) is 0 Å². The van der Waals surface area contributed by atoms with Crippen LogP contribution in [0.3, 0.4) is 0 Å². The van der Waals surface area contributed by atoms with Crippen LogP contribution in [0.5, 0.6) is 5.75 Å². The van der Waals surface area contributed by atoms with E-state index in [2.05, 4.69) is 5.32 Å². The predicted molar refractivity (Wildman–Crippen MR) is 81.7 cm³/mol. The summed E-state index contributed by atoms with van der Waals surface area (Å²) in [6, 6.07) is 5.12. The molecule has 0 saturated carbocycles. The minimum Gasteiger partial charge on any atom is -0.492 e. The molecule has 1 saturated heterocycles. The Balaban J connectivity index is 1.91. The zero-order valence-electron chi connectivity index (χ0n) is 12.0. The summed E-state index contributed by atoms with van der Waals surface area (Å²) in [4.78, 5) is 24.9. The lowest BCUT2D eigenvalue weighted by molar-refractivity contribution is -0.131. The Hall–Kier alpha value is -1.75. The van der Waals surface area contributed by atoms with Crippen LogP contribution in [0.4, 0.5) is 5.69 Å². The van der Waals surface area contributed by atoms with Crippen LogP contribution in [-0.2, 0) is 9.59 Å². The second-order valence-electron chi connectivity index (χ2n) is 4.96. The minimum absolute atomic E-state index is 0.0338. The Morgan fingerprint density at radius 2 is 2.29 bits per heavy atom. The summed E-state index contributed by atoms with van der Waals surface area (Å²) in [5, 5.41) is 3.20. The fourth-order valence-corrected chi connectivity index (χ4v) is 2.39. The predicted octanol–water partition coefficient (Wildman–Crippen LogP) is 2.69. The van der Waals surface area contributed by atoms with Crippen LogP contribution in [0.1, 0.15) is 26.2 Å². The highest BCUT2D eigenvalue weighted by atomic mass is 35.5. The molecular formula is C15H19ClN2O3. The minimum atomic E-state index is -0.219. The summed E-state index contributed by atoms with van der Waals surface area (Å²) in [6.45, 7) is 3.35. The number of likely N-dealkylation sites (tertiary alicyclic amines) is 1. The van der Waals surface area contributed by atoms with Crippen molar-refractivity contribution < 1.29 is 14.3 Å². The number of benzene rings is 1. The van der Waals surface area contributed by atoms with Crippen molar-refractivity contribution in [3.05, 3.63) is 23.2 Å². The zero-order valence-corrected chi connectivity index (χ0v) is 12.8. The largest absolute Gasteiger partial charge is 0.492 e. The topological polar surface area (TPSA) is 58.6 Å². The molecule has 1 N–H and O–H groups in total. The molecule has 0 atom stereocenters. The summed E-state index contributed by atoms with van der Waals surface area (Å²) >= 11 is 6.10. The molecule has 0 aromatic heterocycles. The number of amides is 2. The molecule has 2 rings (SSSR count). The number of ether oxygens (including phenoxy) is 1. The Kier molecular flexibility index (Phi) is 5.44. The molecule has 1 aromatic rings. The first-order valence-electron chi connectivity index (χ1n) is 7.10. The number of anilines is 1. The van der Waals surface area contributed by atoms with Gasteiger partial charge < -0.3 is 15.0 Å². The molecule has 0 aliphatic carbocycles. The number of hydrogen-bond donors (Lipinski definition) is 1. The zero-order chi connectivity index (χ0) is 15.2. The molecule has 0 unspecified atom stereocenters.